The first kappa shape index (κ1) is 14.5. The molecule has 0 amide bonds. The second-order valence-corrected chi connectivity index (χ2v) is 5.70. The minimum absolute atomic E-state index is 0.0150. The van der Waals surface area contributed by atoms with E-state index in [1.807, 2.05) is 12.1 Å². The quantitative estimate of drug-likeness (QED) is 0.884. The van der Waals surface area contributed by atoms with Gasteiger partial charge in [-0.25, -0.2) is 4.39 Å². The molecule has 19 heavy (non-hydrogen) atoms. The Morgan fingerprint density at radius 2 is 2.00 bits per heavy atom. The van der Waals surface area contributed by atoms with Crippen molar-refractivity contribution in [1.29, 1.82) is 0 Å². The first-order chi connectivity index (χ1) is 9.15. The monoisotopic (exact) mass is 264 g/mol. The highest BCUT2D eigenvalue weighted by atomic mass is 19.1. The predicted molar refractivity (Wildman–Crippen MR) is 77.4 cm³/mol. The maximum absolute atomic E-state index is 14.0. The first-order valence-corrected chi connectivity index (χ1v) is 7.34. The van der Waals surface area contributed by atoms with Crippen molar-refractivity contribution in [3.05, 3.63) is 35.6 Å². The molecule has 1 aliphatic heterocycles. The summed E-state index contributed by atoms with van der Waals surface area (Å²) in [5.74, 6) is -0.136. The Morgan fingerprint density at radius 3 is 2.53 bits per heavy atom. The van der Waals surface area contributed by atoms with Gasteiger partial charge in [0.1, 0.15) is 5.82 Å². The molecule has 0 saturated carbocycles. The summed E-state index contributed by atoms with van der Waals surface area (Å²) in [6.07, 6.45) is 3.58. The summed E-state index contributed by atoms with van der Waals surface area (Å²) in [4.78, 5) is 2.37. The fourth-order valence-electron chi connectivity index (χ4n) is 3.28. The van der Waals surface area contributed by atoms with Gasteiger partial charge in [0.2, 0.25) is 0 Å². The fourth-order valence-corrected chi connectivity index (χ4v) is 3.28. The van der Waals surface area contributed by atoms with E-state index in [9.17, 15) is 4.39 Å². The number of likely N-dealkylation sites (tertiary alicyclic amines) is 1. The molecule has 0 radical (unpaired) electrons. The molecule has 1 fully saturated rings. The minimum atomic E-state index is -0.136. The van der Waals surface area contributed by atoms with Gasteiger partial charge < -0.3 is 5.73 Å². The van der Waals surface area contributed by atoms with Gasteiger partial charge in [0.15, 0.2) is 0 Å². The molecular formula is C16H25FN2. The van der Waals surface area contributed by atoms with Crippen LogP contribution in [-0.2, 0) is 0 Å². The van der Waals surface area contributed by atoms with E-state index in [0.29, 0.717) is 12.0 Å². The van der Waals surface area contributed by atoms with Gasteiger partial charge in [-0.05, 0) is 37.3 Å². The Labute approximate surface area is 115 Å². The van der Waals surface area contributed by atoms with Crippen LogP contribution in [0.3, 0.4) is 0 Å². The molecule has 3 heteroatoms. The normalized spacial score (nSPS) is 20.6. The molecule has 1 unspecified atom stereocenters. The van der Waals surface area contributed by atoms with E-state index in [1.54, 1.807) is 6.07 Å². The number of nitrogens with zero attached hydrogens (tertiary/aromatic N) is 1. The molecule has 2 nitrogen and oxygen atoms in total. The lowest BCUT2D eigenvalue weighted by Crippen LogP contribution is -2.34. The van der Waals surface area contributed by atoms with Gasteiger partial charge >= 0.3 is 0 Å². The summed E-state index contributed by atoms with van der Waals surface area (Å²) in [5.41, 5.74) is 7.06. The van der Waals surface area contributed by atoms with Crippen LogP contribution in [0.4, 0.5) is 4.39 Å². The van der Waals surface area contributed by atoms with Crippen molar-refractivity contribution in [3.63, 3.8) is 0 Å². The number of rotatable bonds is 5. The van der Waals surface area contributed by atoms with Crippen LogP contribution in [-0.4, -0.2) is 24.5 Å². The topological polar surface area (TPSA) is 29.3 Å². The Hall–Kier alpha value is -0.930. The molecule has 0 aromatic heterocycles. The lowest BCUT2D eigenvalue weighted by molar-refractivity contribution is 0.195. The molecular weight excluding hydrogens is 239 g/mol. The molecule has 2 N–H and O–H groups in total. The average molecular weight is 264 g/mol. The molecule has 0 bridgehead atoms. The van der Waals surface area contributed by atoms with Gasteiger partial charge in [-0.3, -0.25) is 4.90 Å². The van der Waals surface area contributed by atoms with Gasteiger partial charge in [-0.1, -0.05) is 32.0 Å². The van der Waals surface area contributed by atoms with E-state index in [1.165, 1.54) is 25.3 Å². The molecule has 106 valence electrons. The second kappa shape index (κ2) is 6.02. The molecule has 0 spiro atoms. The molecule has 2 rings (SSSR count). The third kappa shape index (κ3) is 2.82. The van der Waals surface area contributed by atoms with Crippen molar-refractivity contribution >= 4 is 0 Å². The smallest absolute Gasteiger partial charge is 0.128 e. The second-order valence-electron chi connectivity index (χ2n) is 5.70. The summed E-state index contributed by atoms with van der Waals surface area (Å²) in [7, 11) is 0. The summed E-state index contributed by atoms with van der Waals surface area (Å²) in [6, 6.07) is 7.04. The highest BCUT2D eigenvalue weighted by Crippen LogP contribution is 2.40. The van der Waals surface area contributed by atoms with Gasteiger partial charge in [0.25, 0.3) is 0 Å². The van der Waals surface area contributed by atoms with Crippen LogP contribution in [0.5, 0.6) is 0 Å². The fraction of sp³-hybridized carbons (Fsp3) is 0.625. The molecule has 1 aliphatic rings. The maximum Gasteiger partial charge on any atom is 0.128 e. The van der Waals surface area contributed by atoms with E-state index >= 15 is 0 Å². The third-order valence-electron chi connectivity index (χ3n) is 4.90. The van der Waals surface area contributed by atoms with Crippen molar-refractivity contribution < 1.29 is 4.39 Å². The van der Waals surface area contributed by atoms with Gasteiger partial charge in [0.05, 0.1) is 0 Å². The molecule has 1 heterocycles. The SMILES string of the molecule is CCC1(CC)CCN(C(CN)c2ccccc2F)C1. The minimum Gasteiger partial charge on any atom is -0.329 e. The Bertz CT molecular complexity index is 415. The molecule has 0 aliphatic carbocycles. The van der Waals surface area contributed by atoms with Crippen LogP contribution in [0.15, 0.2) is 24.3 Å². The Kier molecular flexibility index (Phi) is 4.58. The zero-order chi connectivity index (χ0) is 13.9. The number of hydrogen-bond donors (Lipinski definition) is 1. The van der Waals surface area contributed by atoms with Gasteiger partial charge in [-0.2, -0.15) is 0 Å². The molecule has 1 saturated heterocycles. The lowest BCUT2D eigenvalue weighted by Gasteiger charge is -2.31. The van der Waals surface area contributed by atoms with E-state index < -0.39 is 0 Å². The van der Waals surface area contributed by atoms with E-state index in [2.05, 4.69) is 18.7 Å². The first-order valence-electron chi connectivity index (χ1n) is 7.34. The lowest BCUT2D eigenvalue weighted by atomic mass is 9.82. The van der Waals surface area contributed by atoms with Gasteiger partial charge in [-0.15, -0.1) is 0 Å². The van der Waals surface area contributed by atoms with Gasteiger partial charge in [0, 0.05) is 24.7 Å². The van der Waals surface area contributed by atoms with E-state index in [0.717, 1.165) is 18.7 Å². The number of benzene rings is 1. The standard InChI is InChI=1S/C16H25FN2/c1-3-16(4-2)9-10-19(12-16)15(11-18)13-7-5-6-8-14(13)17/h5-8,15H,3-4,9-12,18H2,1-2H3. The highest BCUT2D eigenvalue weighted by Gasteiger charge is 2.38. The summed E-state index contributed by atoms with van der Waals surface area (Å²) >= 11 is 0. The van der Waals surface area contributed by atoms with Crippen LogP contribution in [0.2, 0.25) is 0 Å². The molecule has 1 atom stereocenters. The number of hydrogen-bond acceptors (Lipinski definition) is 2. The van der Waals surface area contributed by atoms with Crippen LogP contribution >= 0.6 is 0 Å². The molecule has 1 aromatic rings. The van der Waals surface area contributed by atoms with E-state index in [-0.39, 0.29) is 11.9 Å². The van der Waals surface area contributed by atoms with Crippen molar-refractivity contribution in [2.45, 2.75) is 39.2 Å². The van der Waals surface area contributed by atoms with Crippen molar-refractivity contribution in [1.82, 2.24) is 4.90 Å². The van der Waals surface area contributed by atoms with Crippen LogP contribution < -0.4 is 5.73 Å². The predicted octanol–water partition coefficient (Wildman–Crippen LogP) is 3.34. The van der Waals surface area contributed by atoms with Crippen molar-refractivity contribution in [3.8, 4) is 0 Å². The molecule has 1 aromatic carbocycles. The average Bonchev–Trinajstić information content (AvgIpc) is 2.87. The van der Waals surface area contributed by atoms with Crippen LogP contribution in [0.25, 0.3) is 0 Å². The zero-order valence-electron chi connectivity index (χ0n) is 12.0. The van der Waals surface area contributed by atoms with Crippen LogP contribution in [0, 0.1) is 11.2 Å². The summed E-state index contributed by atoms with van der Waals surface area (Å²) in [5, 5.41) is 0. The largest absolute Gasteiger partial charge is 0.329 e. The van der Waals surface area contributed by atoms with Crippen LogP contribution in [0.1, 0.15) is 44.7 Å². The summed E-state index contributed by atoms with van der Waals surface area (Å²) in [6.45, 7) is 7.06. The van der Waals surface area contributed by atoms with E-state index in [4.69, 9.17) is 5.73 Å². The Balaban J connectivity index is 2.19. The Morgan fingerprint density at radius 1 is 1.32 bits per heavy atom. The number of nitrogens with two attached hydrogens (primary N) is 1. The number of halogens is 1. The highest BCUT2D eigenvalue weighted by molar-refractivity contribution is 5.22. The maximum atomic E-state index is 14.0. The third-order valence-corrected chi connectivity index (χ3v) is 4.90. The zero-order valence-corrected chi connectivity index (χ0v) is 12.0. The van der Waals surface area contributed by atoms with Crippen molar-refractivity contribution in [2.75, 3.05) is 19.6 Å². The summed E-state index contributed by atoms with van der Waals surface area (Å²) < 4.78 is 14.0. The van der Waals surface area contributed by atoms with Crippen molar-refractivity contribution in [2.24, 2.45) is 11.1 Å².